The van der Waals surface area contributed by atoms with Gasteiger partial charge in [0.2, 0.25) is 0 Å². The van der Waals surface area contributed by atoms with Crippen molar-refractivity contribution < 1.29 is 62.0 Å². The van der Waals surface area contributed by atoms with Crippen molar-refractivity contribution >= 4 is 20.0 Å². The summed E-state index contributed by atoms with van der Waals surface area (Å²) in [5, 5.41) is 15.6. The van der Waals surface area contributed by atoms with E-state index >= 15 is 0 Å². The van der Waals surface area contributed by atoms with Gasteiger partial charge in [0.05, 0.1) is 12.1 Å². The van der Waals surface area contributed by atoms with Crippen molar-refractivity contribution in [1.82, 2.24) is 0 Å². The van der Waals surface area contributed by atoms with Gasteiger partial charge in [0, 0.05) is 12.8 Å². The second kappa shape index (κ2) is 9.22. The van der Waals surface area contributed by atoms with E-state index in [1.54, 1.807) is 0 Å². The molecule has 0 aromatic carbocycles. The van der Waals surface area contributed by atoms with E-state index in [1.807, 2.05) is 12.1 Å². The molecular formula is C6H4F6LiN3O4S2. The van der Waals surface area contributed by atoms with E-state index in [1.165, 1.54) is 0 Å². The minimum Gasteiger partial charge on any atom is -0.421 e. The Morgan fingerprint density at radius 1 is 0.773 bits per heavy atom. The maximum atomic E-state index is 11.4. The Kier molecular flexibility index (Phi) is 10.9. The van der Waals surface area contributed by atoms with Crippen molar-refractivity contribution in [3.63, 3.8) is 0 Å². The van der Waals surface area contributed by atoms with Crippen LogP contribution in [-0.4, -0.2) is 27.9 Å². The van der Waals surface area contributed by atoms with Gasteiger partial charge in [0.1, 0.15) is 0 Å². The first-order valence-corrected chi connectivity index (χ1v) is 7.11. The molecule has 0 aliphatic rings. The van der Waals surface area contributed by atoms with Gasteiger partial charge in [-0.1, -0.05) is 0 Å². The van der Waals surface area contributed by atoms with Gasteiger partial charge >= 0.3 is 29.9 Å². The summed E-state index contributed by atoms with van der Waals surface area (Å²) < 4.78 is 109. The van der Waals surface area contributed by atoms with Gasteiger partial charge in [0.15, 0.2) is 20.0 Å². The summed E-state index contributed by atoms with van der Waals surface area (Å²) in [4.78, 5) is 0. The number of nitriles is 2. The van der Waals surface area contributed by atoms with Crippen LogP contribution in [0, 0.1) is 22.7 Å². The number of halogens is 6. The normalized spacial score (nSPS) is 12.0. The maximum Gasteiger partial charge on any atom is 1.00 e. The molecule has 7 nitrogen and oxygen atoms in total. The van der Waals surface area contributed by atoms with Gasteiger partial charge < -0.3 is 4.13 Å². The first kappa shape index (κ1) is 25.9. The Labute approximate surface area is 133 Å². The average Bonchev–Trinajstić information content (AvgIpc) is 2.22. The van der Waals surface area contributed by atoms with Crippen molar-refractivity contribution in [3.8, 4) is 12.1 Å². The molecule has 0 heterocycles. The van der Waals surface area contributed by atoms with E-state index in [0.717, 1.165) is 4.13 Å². The molecule has 0 atom stereocenters. The fourth-order valence-electron chi connectivity index (χ4n) is 0.326. The third-order valence-corrected chi connectivity index (χ3v) is 3.87. The maximum absolute atomic E-state index is 11.4. The SMILES string of the molecule is N#CCCC#N.O=S(=O)([N-]S(=O)(=O)C(F)(F)F)C(F)(F)F.[Li+]. The van der Waals surface area contributed by atoms with E-state index in [4.69, 9.17) is 10.5 Å². The van der Waals surface area contributed by atoms with Crippen LogP contribution in [0.3, 0.4) is 0 Å². The summed E-state index contributed by atoms with van der Waals surface area (Å²) in [5.41, 5.74) is -12.4. The third kappa shape index (κ3) is 9.12. The molecule has 0 saturated heterocycles. The van der Waals surface area contributed by atoms with Crippen molar-refractivity contribution in [2.45, 2.75) is 23.9 Å². The molecular weight excluding hydrogens is 363 g/mol. The zero-order chi connectivity index (χ0) is 17.5. The second-order valence-corrected chi connectivity index (χ2v) is 6.15. The van der Waals surface area contributed by atoms with Crippen molar-refractivity contribution in [1.29, 1.82) is 10.5 Å². The van der Waals surface area contributed by atoms with Gasteiger partial charge in [-0.2, -0.15) is 36.9 Å². The number of hydrogen-bond donors (Lipinski definition) is 0. The van der Waals surface area contributed by atoms with Crippen molar-refractivity contribution in [2.24, 2.45) is 0 Å². The zero-order valence-corrected chi connectivity index (χ0v) is 12.1. The van der Waals surface area contributed by atoms with Gasteiger partial charge in [-0.05, 0) is 0 Å². The first-order chi connectivity index (χ1) is 9.12. The summed E-state index contributed by atoms with van der Waals surface area (Å²) in [6.07, 6.45) is 0.715. The van der Waals surface area contributed by atoms with E-state index in [2.05, 4.69) is 0 Å². The Bertz CT molecular complexity index is 571. The van der Waals surface area contributed by atoms with E-state index in [9.17, 15) is 43.2 Å². The van der Waals surface area contributed by atoms with Crippen LogP contribution < -0.4 is 18.9 Å². The fourth-order valence-corrected chi connectivity index (χ4v) is 2.04. The number of sulfonamides is 2. The van der Waals surface area contributed by atoms with Crippen LogP contribution in [0.25, 0.3) is 4.13 Å². The summed E-state index contributed by atoms with van der Waals surface area (Å²) in [7, 11) is -13.4. The predicted octanol–water partition coefficient (Wildman–Crippen LogP) is -1.12. The number of rotatable bonds is 3. The molecule has 0 radical (unpaired) electrons. The Hall–Kier alpha value is -0.983. The molecule has 0 aromatic heterocycles. The van der Waals surface area contributed by atoms with Gasteiger partial charge in [-0.3, -0.25) is 0 Å². The molecule has 0 bridgehead atoms. The molecule has 0 spiro atoms. The van der Waals surface area contributed by atoms with Gasteiger partial charge in [-0.25, -0.2) is 16.8 Å². The Morgan fingerprint density at radius 3 is 1.14 bits per heavy atom. The average molecular weight is 367 g/mol. The van der Waals surface area contributed by atoms with E-state index in [0.29, 0.717) is 12.8 Å². The van der Waals surface area contributed by atoms with E-state index < -0.39 is 31.1 Å². The summed E-state index contributed by atoms with van der Waals surface area (Å²) in [6.45, 7) is 0. The molecule has 0 rings (SSSR count). The van der Waals surface area contributed by atoms with Crippen LogP contribution in [0.5, 0.6) is 0 Å². The number of unbranched alkanes of at least 4 members (excludes halogenated alkanes) is 1. The largest absolute Gasteiger partial charge is 1.00 e. The first-order valence-electron chi connectivity index (χ1n) is 4.23. The van der Waals surface area contributed by atoms with Crippen molar-refractivity contribution in [2.75, 3.05) is 0 Å². The Balaban J connectivity index is -0.000000439. The molecule has 122 valence electrons. The van der Waals surface area contributed by atoms with Crippen LogP contribution in [0.15, 0.2) is 0 Å². The molecule has 0 amide bonds. The summed E-state index contributed by atoms with van der Waals surface area (Å²) in [6, 6.07) is 3.69. The smallest absolute Gasteiger partial charge is 0.421 e. The summed E-state index contributed by atoms with van der Waals surface area (Å²) >= 11 is 0. The van der Waals surface area contributed by atoms with Crippen LogP contribution >= 0.6 is 0 Å². The predicted molar refractivity (Wildman–Crippen MR) is 53.8 cm³/mol. The molecule has 0 saturated carbocycles. The minimum atomic E-state index is -6.72. The molecule has 22 heavy (non-hydrogen) atoms. The van der Waals surface area contributed by atoms with Crippen LogP contribution in [0.4, 0.5) is 26.3 Å². The molecule has 0 aliphatic carbocycles. The second-order valence-electron chi connectivity index (χ2n) is 2.73. The molecule has 0 aromatic rings. The molecule has 16 heteroatoms. The minimum absolute atomic E-state index is 0. The topological polar surface area (TPSA) is 130 Å². The van der Waals surface area contributed by atoms with Crippen LogP contribution in [0.2, 0.25) is 0 Å². The van der Waals surface area contributed by atoms with Gasteiger partial charge in [0.25, 0.3) is 0 Å². The zero-order valence-electron chi connectivity index (χ0n) is 10.5. The fraction of sp³-hybridized carbons (Fsp3) is 0.667. The molecule has 0 fully saturated rings. The molecule has 0 N–H and O–H groups in total. The van der Waals surface area contributed by atoms with Gasteiger partial charge in [-0.15, -0.1) is 0 Å². The van der Waals surface area contributed by atoms with Crippen molar-refractivity contribution in [3.05, 3.63) is 4.13 Å². The number of alkyl halides is 6. The number of nitrogens with zero attached hydrogens (tertiary/aromatic N) is 3. The summed E-state index contributed by atoms with van der Waals surface area (Å²) in [5.74, 6) is 0. The third-order valence-electron chi connectivity index (χ3n) is 1.13. The quantitative estimate of drug-likeness (QED) is 0.353. The monoisotopic (exact) mass is 367 g/mol. The molecule has 0 unspecified atom stereocenters. The standard InChI is InChI=1S/C4H4N2.C2F6NO4S2.Li/c5-3-1-2-4-6;3-1(4,5)14(10,11)9-15(12,13)2(6,7)8;/h1-2H2;;/q;-1;+1. The van der Waals surface area contributed by atoms with Crippen LogP contribution in [0.1, 0.15) is 12.8 Å². The number of hydrogen-bond acceptors (Lipinski definition) is 6. The molecule has 0 aliphatic heterocycles. The van der Waals surface area contributed by atoms with Crippen LogP contribution in [-0.2, 0) is 20.0 Å². The van der Waals surface area contributed by atoms with E-state index in [-0.39, 0.29) is 18.9 Å². The Morgan fingerprint density at radius 2 is 1.00 bits per heavy atom.